The van der Waals surface area contributed by atoms with E-state index < -0.39 is 65.1 Å². The van der Waals surface area contributed by atoms with E-state index in [1.165, 1.54) is 36.4 Å². The fourth-order valence-electron chi connectivity index (χ4n) is 11.8. The summed E-state index contributed by atoms with van der Waals surface area (Å²) in [6.45, 7) is 11.1. The molecule has 0 N–H and O–H groups in total. The van der Waals surface area contributed by atoms with Crippen LogP contribution in [-0.4, -0.2) is 0 Å². The van der Waals surface area contributed by atoms with Crippen molar-refractivity contribution < 1.29 is 0 Å². The Kier molecular flexibility index (Phi) is 9.14. The first-order valence-electron chi connectivity index (χ1n) is 24.4. The predicted molar refractivity (Wildman–Crippen MR) is 296 cm³/mol. The van der Waals surface area contributed by atoms with E-state index in [9.17, 15) is 57.5 Å². The Labute approximate surface area is 419 Å². The summed E-state index contributed by atoms with van der Waals surface area (Å²) in [5.41, 5.74) is -7.02. The number of hydrogen-bond donors (Lipinski definition) is 0. The smallest absolute Gasteiger partial charge is 0.234 e. The molecule has 13 rings (SSSR count). The Morgan fingerprint density at radius 3 is 0.440 bits per heavy atom. The maximum Gasteiger partial charge on any atom is 0.234 e. The summed E-state index contributed by atoms with van der Waals surface area (Å²) in [6.07, 6.45) is 0. The molecule has 0 radical (unpaired) electrons. The van der Waals surface area contributed by atoms with Crippen LogP contribution in [0.4, 0.5) is 0 Å². The first-order valence-corrected chi connectivity index (χ1v) is 24.4. The third-order valence-corrected chi connectivity index (χ3v) is 15.8. The number of benzene rings is 13. The fraction of sp³-hybridized carbons (Fsp3) is 0.143. The molecule has 0 aliphatic heterocycles. The van der Waals surface area contributed by atoms with Crippen molar-refractivity contribution >= 4 is 64.6 Å². The van der Waals surface area contributed by atoms with Gasteiger partial charge in [0.25, 0.3) is 0 Å². The molecular formula is C63H36O12. The van der Waals surface area contributed by atoms with Crippen molar-refractivity contribution in [3.8, 4) is 66.8 Å². The molecule has 0 fully saturated rings. The monoisotopic (exact) mass is 984 g/mol. The highest BCUT2D eigenvalue weighted by molar-refractivity contribution is 6.16. The van der Waals surface area contributed by atoms with Gasteiger partial charge in [-0.05, 0) is 159 Å². The minimum atomic E-state index is -0.924. The molecule has 6 aliphatic rings. The van der Waals surface area contributed by atoms with Crippen LogP contribution in [0, 0.1) is 0 Å². The number of rotatable bonds is 6. The fourth-order valence-corrected chi connectivity index (χ4v) is 11.8. The van der Waals surface area contributed by atoms with Crippen LogP contribution in [0.15, 0.2) is 149 Å². The van der Waals surface area contributed by atoms with Crippen molar-refractivity contribution in [1.29, 1.82) is 0 Å². The lowest BCUT2D eigenvalue weighted by molar-refractivity contribution is 0.869. The van der Waals surface area contributed by atoms with Gasteiger partial charge in [0.2, 0.25) is 65.1 Å². The first-order chi connectivity index (χ1) is 35.6. The molecule has 360 valence electrons. The van der Waals surface area contributed by atoms with Gasteiger partial charge in [-0.1, -0.05) is 41.5 Å². The van der Waals surface area contributed by atoms with Crippen molar-refractivity contribution in [1.82, 2.24) is 0 Å². The predicted octanol–water partition coefficient (Wildman–Crippen LogP) is 7.55. The largest absolute Gasteiger partial charge is 0.285 e. The van der Waals surface area contributed by atoms with E-state index >= 15 is 0 Å². The van der Waals surface area contributed by atoms with Crippen molar-refractivity contribution in [2.75, 3.05) is 0 Å². The second-order valence-corrected chi connectivity index (χ2v) is 21.0. The maximum absolute atomic E-state index is 14.2. The van der Waals surface area contributed by atoms with E-state index in [1.807, 2.05) is 41.5 Å². The summed E-state index contributed by atoms with van der Waals surface area (Å²) in [5, 5.41) is -0.821. The molecule has 0 saturated heterocycles. The van der Waals surface area contributed by atoms with Crippen molar-refractivity contribution in [2.24, 2.45) is 0 Å². The molecule has 7 aromatic carbocycles. The summed E-state index contributed by atoms with van der Waals surface area (Å²) >= 11 is 0. The van der Waals surface area contributed by atoms with Gasteiger partial charge in [-0.2, -0.15) is 0 Å². The van der Waals surface area contributed by atoms with Gasteiger partial charge in [0.05, 0.1) is 0 Å². The summed E-state index contributed by atoms with van der Waals surface area (Å²) < 4.78 is 0. The van der Waals surface area contributed by atoms with Crippen LogP contribution < -0.4 is 65.1 Å². The molecule has 0 amide bonds. The van der Waals surface area contributed by atoms with Gasteiger partial charge in [0, 0.05) is 98.0 Å². The zero-order valence-corrected chi connectivity index (χ0v) is 40.8. The lowest BCUT2D eigenvalue weighted by Gasteiger charge is -2.20. The van der Waals surface area contributed by atoms with Gasteiger partial charge >= 0.3 is 0 Å². The van der Waals surface area contributed by atoms with E-state index in [0.29, 0.717) is 16.7 Å². The molecule has 0 atom stereocenters. The molecule has 7 aromatic rings. The molecule has 6 aliphatic carbocycles. The quantitative estimate of drug-likeness (QED) is 0.117. The molecule has 0 spiro atoms. The minimum Gasteiger partial charge on any atom is -0.285 e. The first kappa shape index (κ1) is 45.4. The van der Waals surface area contributed by atoms with Crippen molar-refractivity contribution in [3.63, 3.8) is 0 Å². The van der Waals surface area contributed by atoms with Crippen LogP contribution in [0.5, 0.6) is 0 Å². The number of hydrogen-bond acceptors (Lipinski definition) is 12. The Balaban J connectivity index is 1.15. The van der Waals surface area contributed by atoms with E-state index in [4.69, 9.17) is 0 Å². The van der Waals surface area contributed by atoms with Gasteiger partial charge in [0.15, 0.2) is 0 Å². The van der Waals surface area contributed by atoms with Crippen LogP contribution in [0.3, 0.4) is 0 Å². The van der Waals surface area contributed by atoms with Crippen molar-refractivity contribution in [3.05, 3.63) is 230 Å². The van der Waals surface area contributed by atoms with Crippen LogP contribution in [0.2, 0.25) is 0 Å². The van der Waals surface area contributed by atoms with Crippen LogP contribution in [0.25, 0.3) is 131 Å². The van der Waals surface area contributed by atoms with Gasteiger partial charge in [-0.3, -0.25) is 57.5 Å². The summed E-state index contributed by atoms with van der Waals surface area (Å²) in [6, 6.07) is 22.7. The second-order valence-electron chi connectivity index (χ2n) is 21.0. The molecule has 0 unspecified atom stereocenters. The highest BCUT2D eigenvalue weighted by atomic mass is 16.2. The van der Waals surface area contributed by atoms with Crippen LogP contribution >= 0.6 is 0 Å². The minimum absolute atomic E-state index is 0.00732. The summed E-state index contributed by atoms with van der Waals surface area (Å²) in [4.78, 5) is 170. The Morgan fingerprint density at radius 1 is 0.187 bits per heavy atom. The molecule has 12 nitrogen and oxygen atoms in total. The molecule has 12 heteroatoms. The molecule has 0 bridgehead atoms. The molecule has 0 aromatic heterocycles. The lowest BCUT2D eigenvalue weighted by atomic mass is 9.81. The second kappa shape index (κ2) is 15.1. The van der Waals surface area contributed by atoms with E-state index in [-0.39, 0.29) is 149 Å². The molecule has 0 saturated carbocycles. The SMILES string of the molecule is CC(C)c1cc2c3c(c1)c(=O)c(=O)c1cc(-c4cc(-c5cc6c7c(c5)c(=O)c(=O)c5cc(C(C)C)cc(c5-7)c(=O)c6=O)cc(-c5cc6c7c(c5)c(=O)c(=O)c5cc(C(C)C)cc(c5-7)c(=O)c6=O)c4)cc(c1-3)c(=O)c2=O. The average Bonchev–Trinajstić information content (AvgIpc) is 3.40. The summed E-state index contributed by atoms with van der Waals surface area (Å²) in [5.74, 6) is -0.461. The van der Waals surface area contributed by atoms with Gasteiger partial charge in [-0.15, -0.1) is 0 Å². The van der Waals surface area contributed by atoms with Crippen LogP contribution in [-0.2, 0) is 0 Å². The van der Waals surface area contributed by atoms with Crippen LogP contribution in [0.1, 0.15) is 76.0 Å². The standard InChI is InChI=1S/C63H36O12/c1-22(2)25-10-34-46-35(11-25)53(65)59(71)41-17-31(16-40(49(41)46)58(70)52(34)64)28-7-29(32-18-42-50-43(19-32)61(73)55(67)37-13-26(23(3)4)12-36(47(37)50)54(66)60(42)72)9-30(8-28)33-20-44-51-45(21-33)63(75)57(69)39-15-27(24(5)6)14-38(48(39)51)56(68)62(44)74/h7-24H,1-6H3. The third-order valence-electron chi connectivity index (χ3n) is 15.8. The Morgan fingerprint density at radius 2 is 0.307 bits per heavy atom. The molecule has 75 heavy (non-hydrogen) atoms. The van der Waals surface area contributed by atoms with Gasteiger partial charge < -0.3 is 0 Å². The van der Waals surface area contributed by atoms with E-state index in [2.05, 4.69) is 0 Å². The van der Waals surface area contributed by atoms with E-state index in [0.717, 1.165) is 0 Å². The van der Waals surface area contributed by atoms with Gasteiger partial charge in [0.1, 0.15) is 0 Å². The highest BCUT2D eigenvalue weighted by Gasteiger charge is 2.31. The lowest BCUT2D eigenvalue weighted by Crippen LogP contribution is -2.31. The topological polar surface area (TPSA) is 205 Å². The average molecular weight is 985 g/mol. The molecule has 0 heterocycles. The zero-order valence-electron chi connectivity index (χ0n) is 40.8. The molecular weight excluding hydrogens is 949 g/mol. The highest BCUT2D eigenvalue weighted by Crippen LogP contribution is 2.44. The normalized spacial score (nSPS) is 12.6. The van der Waals surface area contributed by atoms with E-state index in [1.54, 1.807) is 54.6 Å². The summed E-state index contributed by atoms with van der Waals surface area (Å²) in [7, 11) is 0. The Hall–Kier alpha value is -9.42. The maximum atomic E-state index is 14.2. The third kappa shape index (κ3) is 5.93. The van der Waals surface area contributed by atoms with Gasteiger partial charge in [-0.25, -0.2) is 0 Å². The zero-order chi connectivity index (χ0) is 52.9. The van der Waals surface area contributed by atoms with Crippen molar-refractivity contribution in [2.45, 2.75) is 59.3 Å². The Bertz CT molecular complexity index is 4550.